The molecule has 3 aliphatic rings. The Morgan fingerprint density at radius 2 is 1.97 bits per heavy atom. The molecular weight excluding hydrogens is 398 g/mol. The van der Waals surface area contributed by atoms with Crippen LogP contribution < -0.4 is 5.32 Å². The Hall–Kier alpha value is -2.84. The zero-order valence-electron chi connectivity index (χ0n) is 18.1. The molecule has 0 spiro atoms. The van der Waals surface area contributed by atoms with E-state index in [1.807, 2.05) is 4.90 Å². The highest BCUT2D eigenvalue weighted by atomic mass is 16.5. The number of piperazine rings is 1. The predicted molar refractivity (Wildman–Crippen MR) is 115 cm³/mol. The van der Waals surface area contributed by atoms with Gasteiger partial charge in [-0.1, -0.05) is 6.07 Å². The molecule has 3 amide bonds. The molecule has 1 N–H and O–H groups in total. The third kappa shape index (κ3) is 5.08. The number of nitrogens with one attached hydrogen (secondary N) is 1. The van der Waals surface area contributed by atoms with Crippen molar-refractivity contribution in [2.75, 3.05) is 58.2 Å². The number of methoxy groups -OCH3 is 1. The van der Waals surface area contributed by atoms with Gasteiger partial charge in [0.25, 0.3) is 0 Å². The van der Waals surface area contributed by atoms with Gasteiger partial charge in [-0.05, 0) is 49.7 Å². The van der Waals surface area contributed by atoms with E-state index in [-0.39, 0.29) is 25.0 Å². The number of carbonyl (C=O) groups is 3. The van der Waals surface area contributed by atoms with E-state index in [9.17, 15) is 14.4 Å². The number of nitrogens with zero attached hydrogens (tertiary/aromatic N) is 4. The van der Waals surface area contributed by atoms with Crippen LogP contribution in [-0.4, -0.2) is 90.5 Å². The summed E-state index contributed by atoms with van der Waals surface area (Å²) in [6.07, 6.45) is 5.06. The maximum atomic E-state index is 12.9. The van der Waals surface area contributed by atoms with Crippen LogP contribution in [-0.2, 0) is 27.2 Å². The lowest BCUT2D eigenvalue weighted by molar-refractivity contribution is -0.148. The number of hydrogen-bond acceptors (Lipinski definition) is 6. The number of piperidine rings is 1. The average Bonchev–Trinajstić information content (AvgIpc) is 2.80. The van der Waals surface area contributed by atoms with E-state index < -0.39 is 5.97 Å². The van der Waals surface area contributed by atoms with Crippen LogP contribution in [0.1, 0.15) is 30.5 Å². The maximum Gasteiger partial charge on any atom is 0.325 e. The number of esters is 1. The Bertz CT molecular complexity index is 837. The summed E-state index contributed by atoms with van der Waals surface area (Å²) in [6, 6.07) is 4.25. The number of fused-ring (bicyclic) bond motifs is 1. The van der Waals surface area contributed by atoms with Crippen LogP contribution >= 0.6 is 0 Å². The smallest absolute Gasteiger partial charge is 0.325 e. The summed E-state index contributed by atoms with van der Waals surface area (Å²) >= 11 is 0. The molecule has 3 aliphatic heterocycles. The molecule has 31 heavy (non-hydrogen) atoms. The van der Waals surface area contributed by atoms with Crippen molar-refractivity contribution in [3.8, 4) is 0 Å². The second-order valence-electron chi connectivity index (χ2n) is 8.57. The van der Waals surface area contributed by atoms with Crippen LogP contribution in [0.4, 0.5) is 10.6 Å². The van der Waals surface area contributed by atoms with Gasteiger partial charge < -0.3 is 24.8 Å². The number of pyridine rings is 1. The topological polar surface area (TPSA) is 95.1 Å². The number of anilines is 1. The zero-order valence-corrected chi connectivity index (χ0v) is 18.1. The molecule has 0 aliphatic carbocycles. The molecule has 0 radical (unpaired) electrons. The highest BCUT2D eigenvalue weighted by molar-refractivity contribution is 5.87. The van der Waals surface area contributed by atoms with Crippen molar-refractivity contribution >= 4 is 23.7 Å². The van der Waals surface area contributed by atoms with Gasteiger partial charge in [0, 0.05) is 38.4 Å². The molecule has 0 unspecified atom stereocenters. The highest BCUT2D eigenvalue weighted by Crippen LogP contribution is 2.25. The van der Waals surface area contributed by atoms with Crippen molar-refractivity contribution in [1.82, 2.24) is 19.7 Å². The summed E-state index contributed by atoms with van der Waals surface area (Å²) in [6.45, 7) is 3.13. The third-order valence-corrected chi connectivity index (χ3v) is 6.47. The van der Waals surface area contributed by atoms with E-state index in [0.717, 1.165) is 50.2 Å². The number of aryl methyl sites for hydroxylation is 1. The number of ether oxygens (including phenoxy) is 1. The number of urea groups is 1. The van der Waals surface area contributed by atoms with Crippen LogP contribution in [0.2, 0.25) is 0 Å². The third-order valence-electron chi connectivity index (χ3n) is 6.47. The molecule has 4 rings (SSSR count). The quantitative estimate of drug-likeness (QED) is 0.721. The van der Waals surface area contributed by atoms with E-state index in [2.05, 4.69) is 22.2 Å². The van der Waals surface area contributed by atoms with Crippen molar-refractivity contribution < 1.29 is 19.1 Å². The van der Waals surface area contributed by atoms with Crippen LogP contribution in [0.3, 0.4) is 0 Å². The second-order valence-corrected chi connectivity index (χ2v) is 8.57. The number of likely N-dealkylation sites (tertiary alicyclic amines) is 1. The molecule has 4 heterocycles. The van der Waals surface area contributed by atoms with Crippen molar-refractivity contribution in [2.45, 2.75) is 32.1 Å². The Morgan fingerprint density at radius 3 is 2.71 bits per heavy atom. The van der Waals surface area contributed by atoms with Crippen LogP contribution in [0.25, 0.3) is 0 Å². The van der Waals surface area contributed by atoms with Crippen molar-refractivity contribution in [3.63, 3.8) is 0 Å². The van der Waals surface area contributed by atoms with Crippen LogP contribution in [0.5, 0.6) is 0 Å². The number of amides is 3. The molecular formula is C22H31N5O4. The van der Waals surface area contributed by atoms with E-state index in [1.54, 1.807) is 4.90 Å². The summed E-state index contributed by atoms with van der Waals surface area (Å²) in [5.41, 5.74) is 2.42. The fraction of sp³-hybridized carbons (Fsp3) is 0.636. The SMILES string of the molecule is COC(=O)CN1CCN(C(=O)N2CCC(Cc3ccc4c(n3)NCCC4)CC2)CC1=O. The lowest BCUT2D eigenvalue weighted by Gasteiger charge is -2.39. The van der Waals surface area contributed by atoms with Gasteiger partial charge in [0.2, 0.25) is 5.91 Å². The number of aromatic nitrogens is 1. The summed E-state index contributed by atoms with van der Waals surface area (Å²) in [4.78, 5) is 46.3. The lowest BCUT2D eigenvalue weighted by Crippen LogP contribution is -2.57. The van der Waals surface area contributed by atoms with Gasteiger partial charge in [0.1, 0.15) is 18.9 Å². The molecule has 9 nitrogen and oxygen atoms in total. The average molecular weight is 430 g/mol. The molecule has 0 atom stereocenters. The van der Waals surface area contributed by atoms with Gasteiger partial charge in [-0.25, -0.2) is 9.78 Å². The predicted octanol–water partition coefficient (Wildman–Crippen LogP) is 1.13. The first-order valence-electron chi connectivity index (χ1n) is 11.1. The van der Waals surface area contributed by atoms with Gasteiger partial charge in [0.05, 0.1) is 7.11 Å². The molecule has 2 fully saturated rings. The standard InChI is InChI=1S/C22H31N5O4/c1-31-20(29)15-26-11-12-27(14-19(26)28)22(30)25-9-6-16(7-10-25)13-18-5-4-17-3-2-8-23-21(17)24-18/h4-5,16H,2-3,6-15H2,1H3,(H,23,24). The molecule has 0 aromatic carbocycles. The number of rotatable bonds is 4. The highest BCUT2D eigenvalue weighted by Gasteiger charge is 2.32. The molecule has 0 bridgehead atoms. The van der Waals surface area contributed by atoms with Gasteiger partial charge >= 0.3 is 12.0 Å². The van der Waals surface area contributed by atoms with Gasteiger partial charge in [-0.2, -0.15) is 0 Å². The summed E-state index contributed by atoms with van der Waals surface area (Å²) < 4.78 is 4.62. The minimum absolute atomic E-state index is 0.0157. The monoisotopic (exact) mass is 429 g/mol. The van der Waals surface area contributed by atoms with E-state index in [1.165, 1.54) is 17.6 Å². The van der Waals surface area contributed by atoms with E-state index in [4.69, 9.17) is 4.98 Å². The van der Waals surface area contributed by atoms with Crippen molar-refractivity contribution in [2.24, 2.45) is 5.92 Å². The molecule has 1 aromatic heterocycles. The van der Waals surface area contributed by atoms with Crippen LogP contribution in [0.15, 0.2) is 12.1 Å². The molecule has 9 heteroatoms. The summed E-state index contributed by atoms with van der Waals surface area (Å²) in [7, 11) is 1.30. The largest absolute Gasteiger partial charge is 0.468 e. The number of hydrogen-bond donors (Lipinski definition) is 1. The van der Waals surface area contributed by atoms with Gasteiger partial charge in [-0.15, -0.1) is 0 Å². The van der Waals surface area contributed by atoms with E-state index in [0.29, 0.717) is 32.1 Å². The first kappa shape index (κ1) is 21.4. The lowest BCUT2D eigenvalue weighted by atomic mass is 9.91. The molecule has 0 saturated carbocycles. The zero-order chi connectivity index (χ0) is 21.8. The first-order chi connectivity index (χ1) is 15.0. The summed E-state index contributed by atoms with van der Waals surface area (Å²) in [5, 5.41) is 3.39. The Balaban J connectivity index is 1.25. The fourth-order valence-corrected chi connectivity index (χ4v) is 4.57. The van der Waals surface area contributed by atoms with Crippen LogP contribution in [0, 0.1) is 5.92 Å². The Morgan fingerprint density at radius 1 is 1.16 bits per heavy atom. The minimum Gasteiger partial charge on any atom is -0.468 e. The van der Waals surface area contributed by atoms with Gasteiger partial charge in [0.15, 0.2) is 0 Å². The molecule has 1 aromatic rings. The number of carbonyl (C=O) groups excluding carboxylic acids is 3. The van der Waals surface area contributed by atoms with E-state index >= 15 is 0 Å². The van der Waals surface area contributed by atoms with Crippen molar-refractivity contribution in [1.29, 1.82) is 0 Å². The normalized spacial score (nSPS) is 19.6. The second kappa shape index (κ2) is 9.53. The minimum atomic E-state index is -0.445. The van der Waals surface area contributed by atoms with Gasteiger partial charge in [-0.3, -0.25) is 9.59 Å². The Labute approximate surface area is 182 Å². The van der Waals surface area contributed by atoms with Crippen molar-refractivity contribution in [3.05, 3.63) is 23.4 Å². The maximum absolute atomic E-state index is 12.9. The Kier molecular flexibility index (Phi) is 6.58. The fourth-order valence-electron chi connectivity index (χ4n) is 4.57. The first-order valence-corrected chi connectivity index (χ1v) is 11.1. The summed E-state index contributed by atoms with van der Waals surface area (Å²) in [5.74, 6) is 0.885. The molecule has 168 valence electrons. The molecule has 2 saturated heterocycles.